The minimum Gasteiger partial charge on any atom is -0.365 e. The van der Waals surface area contributed by atoms with Crippen LogP contribution in [0.5, 0.6) is 0 Å². The lowest BCUT2D eigenvalue weighted by Gasteiger charge is -2.02. The van der Waals surface area contributed by atoms with E-state index >= 15 is 0 Å². The zero-order chi connectivity index (χ0) is 12.3. The van der Waals surface area contributed by atoms with Gasteiger partial charge in [0.25, 0.3) is 5.91 Å². The van der Waals surface area contributed by atoms with Crippen molar-refractivity contribution in [2.45, 2.75) is 13.8 Å². The number of hydrogen-bond donors (Lipinski definition) is 1. The summed E-state index contributed by atoms with van der Waals surface area (Å²) in [7, 11) is -7.59. The van der Waals surface area contributed by atoms with E-state index in [1.165, 1.54) is 13.8 Å². The third-order valence-electron chi connectivity index (χ3n) is 1.65. The minimum absolute atomic E-state index is 0.289. The van der Waals surface area contributed by atoms with Gasteiger partial charge in [-0.05, 0) is 0 Å². The number of carbonyl (C=O) groups excluding carboxylic acids is 1. The Labute approximate surface area is 89.0 Å². The number of carbonyl (C=O) groups is 1. The second kappa shape index (κ2) is 4.75. The summed E-state index contributed by atoms with van der Waals surface area (Å²) < 4.78 is 44.9. The van der Waals surface area contributed by atoms with Crippen molar-refractivity contribution in [3.8, 4) is 0 Å². The molecule has 88 valence electrons. The van der Waals surface area contributed by atoms with E-state index in [0.717, 1.165) is 0 Å². The first-order valence-electron chi connectivity index (χ1n) is 4.13. The molecule has 0 saturated heterocycles. The van der Waals surface area contributed by atoms with Crippen LogP contribution in [0.25, 0.3) is 0 Å². The quantitative estimate of drug-likeness (QED) is 0.645. The third kappa shape index (κ3) is 4.00. The topological polar surface area (TPSA) is 111 Å². The Morgan fingerprint density at radius 2 is 1.60 bits per heavy atom. The summed E-state index contributed by atoms with van der Waals surface area (Å²) in [6.07, 6.45) is 0. The Morgan fingerprint density at radius 3 is 1.87 bits per heavy atom. The second-order valence-electron chi connectivity index (χ2n) is 2.70. The molecule has 0 spiro atoms. The van der Waals surface area contributed by atoms with Crippen LogP contribution >= 0.6 is 0 Å². The van der Waals surface area contributed by atoms with E-state index in [9.17, 15) is 21.6 Å². The normalized spacial score (nSPS) is 13.9. The van der Waals surface area contributed by atoms with Crippen molar-refractivity contribution in [1.82, 2.24) is 0 Å². The van der Waals surface area contributed by atoms with Crippen LogP contribution in [0.4, 0.5) is 0 Å². The van der Waals surface area contributed by atoms with Crippen LogP contribution in [0.3, 0.4) is 0 Å². The summed E-state index contributed by atoms with van der Waals surface area (Å²) in [4.78, 5) is 9.95. The largest absolute Gasteiger partial charge is 0.365 e. The van der Waals surface area contributed by atoms with Gasteiger partial charge in [-0.3, -0.25) is 4.79 Å². The molecule has 0 aliphatic rings. The van der Waals surface area contributed by atoms with Gasteiger partial charge in [0.15, 0.2) is 19.7 Å². The van der Waals surface area contributed by atoms with Crippen molar-refractivity contribution in [1.29, 1.82) is 0 Å². The number of primary amides is 1. The number of rotatable bonds is 5. The third-order valence-corrected chi connectivity index (χ3v) is 4.94. The molecule has 15 heavy (non-hydrogen) atoms. The molecule has 1 amide bonds. The van der Waals surface area contributed by atoms with Gasteiger partial charge in [0.05, 0.1) is 16.9 Å². The van der Waals surface area contributed by atoms with Crippen LogP contribution in [0, 0.1) is 0 Å². The Balaban J connectivity index is 5.68. The standard InChI is InChI=1S/C7H13NO5S2/c1-3-14(10,11)5-6(7(8)9)15(12,13)4-2/h5H,3-4H2,1-2H3,(H2,8,9). The fourth-order valence-corrected chi connectivity index (χ4v) is 2.94. The predicted octanol–water partition coefficient (Wildman–Crippen LogP) is -0.817. The van der Waals surface area contributed by atoms with Crippen LogP contribution in [0.1, 0.15) is 13.8 Å². The lowest BCUT2D eigenvalue weighted by molar-refractivity contribution is -0.113. The van der Waals surface area contributed by atoms with Crippen molar-refractivity contribution < 1.29 is 21.6 Å². The molecule has 0 aromatic heterocycles. The Kier molecular flexibility index (Phi) is 4.47. The number of amides is 1. The highest BCUT2D eigenvalue weighted by molar-refractivity contribution is 7.99. The van der Waals surface area contributed by atoms with E-state index in [0.29, 0.717) is 5.41 Å². The Morgan fingerprint density at radius 1 is 1.13 bits per heavy atom. The first-order chi connectivity index (χ1) is 6.66. The van der Waals surface area contributed by atoms with Gasteiger partial charge in [-0.15, -0.1) is 0 Å². The molecule has 6 nitrogen and oxygen atoms in total. The SMILES string of the molecule is CCS(=O)(=O)C=C(C(N)=O)S(=O)(=O)CC. The first-order valence-corrected chi connectivity index (χ1v) is 7.50. The monoisotopic (exact) mass is 255 g/mol. The number of nitrogens with two attached hydrogens (primary N) is 1. The van der Waals surface area contributed by atoms with Crippen molar-refractivity contribution in [2.75, 3.05) is 11.5 Å². The smallest absolute Gasteiger partial charge is 0.260 e. The predicted molar refractivity (Wildman–Crippen MR) is 56.2 cm³/mol. The van der Waals surface area contributed by atoms with Crippen molar-refractivity contribution in [2.24, 2.45) is 5.73 Å². The average Bonchev–Trinajstić information content (AvgIpc) is 2.14. The van der Waals surface area contributed by atoms with E-state index in [1.54, 1.807) is 0 Å². The van der Waals surface area contributed by atoms with Crippen LogP contribution in [-0.2, 0) is 24.5 Å². The lowest BCUT2D eigenvalue weighted by Crippen LogP contribution is -2.23. The Hall–Kier alpha value is -0.890. The fourth-order valence-electron chi connectivity index (χ4n) is 0.687. The molecule has 0 radical (unpaired) electrons. The van der Waals surface area contributed by atoms with Crippen LogP contribution in [0.15, 0.2) is 10.3 Å². The van der Waals surface area contributed by atoms with Gasteiger partial charge in [0.1, 0.15) is 4.91 Å². The van der Waals surface area contributed by atoms with Gasteiger partial charge < -0.3 is 5.73 Å². The maximum absolute atomic E-state index is 11.3. The molecule has 0 saturated carbocycles. The zero-order valence-electron chi connectivity index (χ0n) is 8.43. The van der Waals surface area contributed by atoms with Gasteiger partial charge in [0.2, 0.25) is 0 Å². The Bertz CT molecular complexity index is 472. The average molecular weight is 255 g/mol. The van der Waals surface area contributed by atoms with Crippen LogP contribution in [-0.4, -0.2) is 34.2 Å². The molecule has 0 bridgehead atoms. The summed E-state index contributed by atoms with van der Waals surface area (Å²) in [5.74, 6) is -1.92. The van der Waals surface area contributed by atoms with Crippen molar-refractivity contribution in [3.63, 3.8) is 0 Å². The highest BCUT2D eigenvalue weighted by atomic mass is 32.2. The van der Waals surface area contributed by atoms with E-state index in [1.807, 2.05) is 0 Å². The first kappa shape index (κ1) is 14.1. The van der Waals surface area contributed by atoms with Gasteiger partial charge in [-0.2, -0.15) is 0 Å². The van der Waals surface area contributed by atoms with E-state index < -0.39 is 30.5 Å². The van der Waals surface area contributed by atoms with Gasteiger partial charge in [0, 0.05) is 0 Å². The van der Waals surface area contributed by atoms with Crippen molar-refractivity contribution >= 4 is 25.6 Å². The summed E-state index contributed by atoms with van der Waals surface area (Å²) in [6, 6.07) is 0. The molecule has 0 fully saturated rings. The molecule has 0 atom stereocenters. The highest BCUT2D eigenvalue weighted by Gasteiger charge is 2.23. The minimum atomic E-state index is -3.90. The van der Waals surface area contributed by atoms with Crippen LogP contribution in [0.2, 0.25) is 0 Å². The van der Waals surface area contributed by atoms with Gasteiger partial charge in [-0.25, -0.2) is 16.8 Å². The molecule has 2 N–H and O–H groups in total. The summed E-state index contributed by atoms with van der Waals surface area (Å²) in [5.41, 5.74) is 4.81. The van der Waals surface area contributed by atoms with E-state index in [-0.39, 0.29) is 11.5 Å². The maximum atomic E-state index is 11.3. The van der Waals surface area contributed by atoms with E-state index in [4.69, 9.17) is 5.73 Å². The number of hydrogen-bond acceptors (Lipinski definition) is 5. The summed E-state index contributed by atoms with van der Waals surface area (Å²) in [6.45, 7) is 2.63. The highest BCUT2D eigenvalue weighted by Crippen LogP contribution is 2.09. The molecule has 0 unspecified atom stereocenters. The van der Waals surface area contributed by atoms with E-state index in [2.05, 4.69) is 0 Å². The zero-order valence-corrected chi connectivity index (χ0v) is 10.1. The molecule has 0 aromatic rings. The molecule has 0 aliphatic carbocycles. The molecule has 8 heteroatoms. The molecule has 0 aromatic carbocycles. The summed E-state index contributed by atoms with van der Waals surface area (Å²) in [5, 5.41) is 0.425. The van der Waals surface area contributed by atoms with Gasteiger partial charge >= 0.3 is 0 Å². The molecule has 0 rings (SSSR count). The van der Waals surface area contributed by atoms with Crippen LogP contribution < -0.4 is 5.73 Å². The fraction of sp³-hybridized carbons (Fsp3) is 0.571. The maximum Gasteiger partial charge on any atom is 0.260 e. The van der Waals surface area contributed by atoms with Crippen molar-refractivity contribution in [3.05, 3.63) is 10.3 Å². The molecule has 0 aliphatic heterocycles. The molecular weight excluding hydrogens is 242 g/mol. The lowest BCUT2D eigenvalue weighted by atomic mass is 10.6. The molecule has 0 heterocycles. The second-order valence-corrected chi connectivity index (χ2v) is 7.09. The summed E-state index contributed by atoms with van der Waals surface area (Å²) >= 11 is 0. The number of sulfone groups is 2. The molecular formula is C7H13NO5S2. The van der Waals surface area contributed by atoms with Gasteiger partial charge in [-0.1, -0.05) is 13.8 Å².